The van der Waals surface area contributed by atoms with E-state index in [1.165, 1.54) is 6.33 Å². The Labute approximate surface area is 82.9 Å². The number of methoxy groups -OCH3 is 1. The normalized spacial score (nSPS) is 20.8. The Morgan fingerprint density at radius 1 is 1.64 bits per heavy atom. The van der Waals surface area contributed by atoms with Crippen LogP contribution in [0.15, 0.2) is 12.5 Å². The molecule has 1 aromatic heterocycles. The van der Waals surface area contributed by atoms with Gasteiger partial charge in [-0.2, -0.15) is 0 Å². The Balaban J connectivity index is 2.07. The number of aromatic nitrogens is 2. The lowest BCUT2D eigenvalue weighted by atomic mass is 10.2. The molecule has 1 saturated heterocycles. The first-order valence-corrected chi connectivity index (χ1v) is 4.71. The van der Waals surface area contributed by atoms with Crippen molar-refractivity contribution >= 4 is 5.82 Å². The number of anilines is 1. The molecule has 1 fully saturated rings. The molecule has 14 heavy (non-hydrogen) atoms. The minimum absolute atomic E-state index is 0.443. The van der Waals surface area contributed by atoms with Gasteiger partial charge in [-0.25, -0.2) is 9.97 Å². The minimum atomic E-state index is 0.443. The third-order valence-corrected chi connectivity index (χ3v) is 2.30. The van der Waals surface area contributed by atoms with Gasteiger partial charge in [0.2, 0.25) is 0 Å². The van der Waals surface area contributed by atoms with Crippen molar-refractivity contribution in [2.45, 2.75) is 12.5 Å². The van der Waals surface area contributed by atoms with E-state index in [9.17, 15) is 0 Å². The fourth-order valence-electron chi connectivity index (χ4n) is 1.55. The predicted octanol–water partition coefficient (Wildman–Crippen LogP) is 0.259. The quantitative estimate of drug-likeness (QED) is 0.722. The van der Waals surface area contributed by atoms with Crippen LogP contribution in [0.5, 0.6) is 5.75 Å². The van der Waals surface area contributed by atoms with Gasteiger partial charge in [0, 0.05) is 12.6 Å². The summed E-state index contributed by atoms with van der Waals surface area (Å²) in [6.45, 7) is 2.04. The number of nitrogens with one attached hydrogen (secondary N) is 2. The molecule has 0 bridgehead atoms. The van der Waals surface area contributed by atoms with Crippen LogP contribution in [0.25, 0.3) is 0 Å². The highest BCUT2D eigenvalue weighted by Gasteiger charge is 2.16. The Kier molecular flexibility index (Phi) is 2.78. The van der Waals surface area contributed by atoms with Crippen molar-refractivity contribution in [2.24, 2.45) is 0 Å². The lowest BCUT2D eigenvalue weighted by Crippen LogP contribution is -2.23. The summed E-state index contributed by atoms with van der Waals surface area (Å²) in [6.07, 6.45) is 4.30. The van der Waals surface area contributed by atoms with E-state index in [0.717, 1.165) is 25.3 Å². The molecule has 2 N–H and O–H groups in total. The van der Waals surface area contributed by atoms with E-state index in [2.05, 4.69) is 20.6 Å². The number of ether oxygens (including phenoxy) is 1. The highest BCUT2D eigenvalue weighted by Crippen LogP contribution is 2.20. The molecule has 0 aliphatic carbocycles. The molecule has 76 valence electrons. The van der Waals surface area contributed by atoms with Crippen LogP contribution < -0.4 is 15.4 Å². The monoisotopic (exact) mass is 194 g/mol. The summed E-state index contributed by atoms with van der Waals surface area (Å²) in [4.78, 5) is 8.04. The fourth-order valence-corrected chi connectivity index (χ4v) is 1.55. The van der Waals surface area contributed by atoms with Crippen molar-refractivity contribution in [3.05, 3.63) is 12.5 Å². The molecule has 5 nitrogen and oxygen atoms in total. The smallest absolute Gasteiger partial charge is 0.179 e. The summed E-state index contributed by atoms with van der Waals surface area (Å²) < 4.78 is 5.15. The van der Waals surface area contributed by atoms with Gasteiger partial charge in [-0.15, -0.1) is 0 Å². The zero-order chi connectivity index (χ0) is 9.80. The Morgan fingerprint density at radius 2 is 2.57 bits per heavy atom. The van der Waals surface area contributed by atoms with Gasteiger partial charge in [0.05, 0.1) is 13.3 Å². The van der Waals surface area contributed by atoms with E-state index in [4.69, 9.17) is 4.74 Å². The Hall–Kier alpha value is -1.36. The highest BCUT2D eigenvalue weighted by atomic mass is 16.5. The number of rotatable bonds is 3. The zero-order valence-electron chi connectivity index (χ0n) is 8.16. The maximum atomic E-state index is 5.15. The highest BCUT2D eigenvalue weighted by molar-refractivity contribution is 5.48. The Bertz CT molecular complexity index is 299. The van der Waals surface area contributed by atoms with Gasteiger partial charge in [0.1, 0.15) is 6.33 Å². The topological polar surface area (TPSA) is 59.1 Å². The van der Waals surface area contributed by atoms with Crippen molar-refractivity contribution in [3.63, 3.8) is 0 Å². The van der Waals surface area contributed by atoms with E-state index >= 15 is 0 Å². The maximum absolute atomic E-state index is 5.15. The van der Waals surface area contributed by atoms with Gasteiger partial charge in [0.25, 0.3) is 0 Å². The van der Waals surface area contributed by atoms with Crippen molar-refractivity contribution < 1.29 is 4.74 Å². The average molecular weight is 194 g/mol. The molecule has 1 unspecified atom stereocenters. The maximum Gasteiger partial charge on any atom is 0.179 e. The molecular weight excluding hydrogens is 180 g/mol. The largest absolute Gasteiger partial charge is 0.491 e. The summed E-state index contributed by atoms with van der Waals surface area (Å²) >= 11 is 0. The van der Waals surface area contributed by atoms with E-state index in [1.54, 1.807) is 13.3 Å². The van der Waals surface area contributed by atoms with Gasteiger partial charge in [0.15, 0.2) is 11.6 Å². The van der Waals surface area contributed by atoms with Gasteiger partial charge in [-0.3, -0.25) is 0 Å². The van der Waals surface area contributed by atoms with Crippen LogP contribution in [0.3, 0.4) is 0 Å². The summed E-state index contributed by atoms with van der Waals surface area (Å²) in [7, 11) is 1.62. The molecule has 0 amide bonds. The van der Waals surface area contributed by atoms with Gasteiger partial charge in [-0.05, 0) is 13.0 Å². The molecule has 0 radical (unpaired) electrons. The summed E-state index contributed by atoms with van der Waals surface area (Å²) in [6, 6.07) is 0.443. The molecule has 2 rings (SSSR count). The summed E-state index contributed by atoms with van der Waals surface area (Å²) in [5.74, 6) is 1.47. The number of nitrogens with zero attached hydrogens (tertiary/aromatic N) is 2. The first kappa shape index (κ1) is 9.21. The molecule has 1 aromatic rings. The van der Waals surface area contributed by atoms with Crippen molar-refractivity contribution in [1.29, 1.82) is 0 Å². The van der Waals surface area contributed by atoms with E-state index in [0.29, 0.717) is 11.8 Å². The lowest BCUT2D eigenvalue weighted by molar-refractivity contribution is 0.412. The first-order valence-electron chi connectivity index (χ1n) is 4.71. The van der Waals surface area contributed by atoms with Crippen LogP contribution in [0.1, 0.15) is 6.42 Å². The Morgan fingerprint density at radius 3 is 3.29 bits per heavy atom. The summed E-state index contributed by atoms with van der Waals surface area (Å²) in [5, 5.41) is 6.61. The van der Waals surface area contributed by atoms with Crippen LogP contribution in [-0.4, -0.2) is 36.2 Å². The second kappa shape index (κ2) is 4.23. The van der Waals surface area contributed by atoms with Crippen molar-refractivity contribution in [3.8, 4) is 5.75 Å². The van der Waals surface area contributed by atoms with E-state index < -0.39 is 0 Å². The average Bonchev–Trinajstić information content (AvgIpc) is 2.71. The van der Waals surface area contributed by atoms with Crippen LogP contribution in [0.4, 0.5) is 5.82 Å². The molecule has 5 heteroatoms. The molecule has 1 atom stereocenters. The number of hydrogen-bond donors (Lipinski definition) is 2. The van der Waals surface area contributed by atoms with Gasteiger partial charge >= 0.3 is 0 Å². The van der Waals surface area contributed by atoms with Crippen LogP contribution >= 0.6 is 0 Å². The van der Waals surface area contributed by atoms with Gasteiger partial charge < -0.3 is 15.4 Å². The third kappa shape index (κ3) is 1.93. The zero-order valence-corrected chi connectivity index (χ0v) is 8.16. The molecule has 0 saturated carbocycles. The predicted molar refractivity (Wildman–Crippen MR) is 53.5 cm³/mol. The van der Waals surface area contributed by atoms with E-state index in [-0.39, 0.29) is 0 Å². The number of hydrogen-bond acceptors (Lipinski definition) is 5. The standard InChI is InChI=1S/C9H14N4O/c1-14-8-5-11-6-12-9(8)13-7-2-3-10-4-7/h5-7,10H,2-4H2,1H3,(H,11,12,13). The second-order valence-electron chi connectivity index (χ2n) is 3.27. The molecular formula is C9H14N4O. The van der Waals surface area contributed by atoms with Crippen molar-refractivity contribution in [2.75, 3.05) is 25.5 Å². The SMILES string of the molecule is COc1cncnc1NC1CCNC1. The molecule has 0 spiro atoms. The van der Waals surface area contributed by atoms with Crippen LogP contribution in [0, 0.1) is 0 Å². The molecule has 1 aliphatic rings. The molecule has 0 aromatic carbocycles. The summed E-state index contributed by atoms with van der Waals surface area (Å²) in [5.41, 5.74) is 0. The lowest BCUT2D eigenvalue weighted by Gasteiger charge is -2.13. The van der Waals surface area contributed by atoms with Gasteiger partial charge in [-0.1, -0.05) is 0 Å². The van der Waals surface area contributed by atoms with E-state index in [1.807, 2.05) is 0 Å². The van der Waals surface area contributed by atoms with Crippen LogP contribution in [0.2, 0.25) is 0 Å². The fraction of sp³-hybridized carbons (Fsp3) is 0.556. The third-order valence-electron chi connectivity index (χ3n) is 2.30. The molecule has 1 aliphatic heterocycles. The van der Waals surface area contributed by atoms with Crippen LogP contribution in [-0.2, 0) is 0 Å². The minimum Gasteiger partial charge on any atom is -0.491 e. The van der Waals surface area contributed by atoms with Crippen molar-refractivity contribution in [1.82, 2.24) is 15.3 Å². The first-order chi connectivity index (χ1) is 6.90. The molecule has 2 heterocycles. The second-order valence-corrected chi connectivity index (χ2v) is 3.27.